The smallest absolute Gasteiger partial charge is 0.261 e. The standard InChI is InChI=1S/C10H16N2O/c1-2-11-12-10(13)9-6-7-3-4-8(9)5-7/h6-8,11H,2-5H2,1H3,(H,12,13). The van der Waals surface area contributed by atoms with Crippen molar-refractivity contribution in [2.75, 3.05) is 6.54 Å². The summed E-state index contributed by atoms with van der Waals surface area (Å²) in [6.07, 6.45) is 5.84. The average Bonchev–Trinajstić information content (AvgIpc) is 2.74. The molecular weight excluding hydrogens is 164 g/mol. The van der Waals surface area contributed by atoms with Crippen molar-refractivity contribution in [2.24, 2.45) is 11.8 Å². The van der Waals surface area contributed by atoms with Gasteiger partial charge in [-0.1, -0.05) is 13.0 Å². The number of nitrogens with one attached hydrogen (secondary N) is 2. The van der Waals surface area contributed by atoms with Crippen molar-refractivity contribution in [2.45, 2.75) is 26.2 Å². The van der Waals surface area contributed by atoms with Crippen LogP contribution in [0.3, 0.4) is 0 Å². The maximum Gasteiger partial charge on any atom is 0.261 e. The van der Waals surface area contributed by atoms with Gasteiger partial charge in [0.1, 0.15) is 0 Å². The molecule has 2 bridgehead atoms. The molecule has 0 radical (unpaired) electrons. The van der Waals surface area contributed by atoms with Crippen molar-refractivity contribution in [1.82, 2.24) is 10.9 Å². The topological polar surface area (TPSA) is 41.1 Å². The summed E-state index contributed by atoms with van der Waals surface area (Å²) >= 11 is 0. The first kappa shape index (κ1) is 8.75. The number of carbonyl (C=O) groups is 1. The minimum Gasteiger partial charge on any atom is -0.288 e. The zero-order valence-corrected chi connectivity index (χ0v) is 7.97. The van der Waals surface area contributed by atoms with E-state index in [1.54, 1.807) is 0 Å². The van der Waals surface area contributed by atoms with E-state index in [0.29, 0.717) is 11.8 Å². The Morgan fingerprint density at radius 1 is 1.62 bits per heavy atom. The lowest BCUT2D eigenvalue weighted by atomic mass is 9.98. The highest BCUT2D eigenvalue weighted by Gasteiger charge is 2.35. The van der Waals surface area contributed by atoms with Gasteiger partial charge in [-0.05, 0) is 31.1 Å². The molecule has 13 heavy (non-hydrogen) atoms. The first-order valence-corrected chi connectivity index (χ1v) is 5.06. The third kappa shape index (κ3) is 1.61. The molecule has 0 aromatic rings. The number of allylic oxidation sites excluding steroid dienone is 1. The maximum atomic E-state index is 11.6. The van der Waals surface area contributed by atoms with E-state index in [1.807, 2.05) is 6.92 Å². The Labute approximate surface area is 78.6 Å². The molecule has 2 unspecified atom stereocenters. The molecule has 3 heteroatoms. The van der Waals surface area contributed by atoms with Crippen molar-refractivity contribution in [3.8, 4) is 0 Å². The number of rotatable bonds is 3. The van der Waals surface area contributed by atoms with Crippen molar-refractivity contribution >= 4 is 5.91 Å². The summed E-state index contributed by atoms with van der Waals surface area (Å²) in [7, 11) is 0. The molecule has 1 amide bonds. The molecule has 0 aliphatic heterocycles. The first-order chi connectivity index (χ1) is 6.31. The molecular formula is C10H16N2O. The number of hydrogen-bond acceptors (Lipinski definition) is 2. The zero-order chi connectivity index (χ0) is 9.26. The van der Waals surface area contributed by atoms with E-state index in [4.69, 9.17) is 0 Å². The van der Waals surface area contributed by atoms with Gasteiger partial charge >= 0.3 is 0 Å². The SMILES string of the molecule is CCNNC(=O)C1=CC2CCC1C2. The van der Waals surface area contributed by atoms with Crippen LogP contribution >= 0.6 is 0 Å². The van der Waals surface area contributed by atoms with Crippen LogP contribution in [0.2, 0.25) is 0 Å². The Kier molecular flexibility index (Phi) is 2.36. The van der Waals surface area contributed by atoms with Gasteiger partial charge in [0.15, 0.2) is 0 Å². The minimum absolute atomic E-state index is 0.0778. The summed E-state index contributed by atoms with van der Waals surface area (Å²) in [5.41, 5.74) is 6.56. The average molecular weight is 180 g/mol. The summed E-state index contributed by atoms with van der Waals surface area (Å²) in [6.45, 7) is 2.74. The fourth-order valence-electron chi connectivity index (χ4n) is 2.34. The van der Waals surface area contributed by atoms with E-state index in [1.165, 1.54) is 19.3 Å². The Bertz CT molecular complexity index is 247. The molecule has 0 aromatic carbocycles. The van der Waals surface area contributed by atoms with Gasteiger partial charge in [0, 0.05) is 12.1 Å². The molecule has 2 aliphatic carbocycles. The van der Waals surface area contributed by atoms with E-state index in [9.17, 15) is 4.79 Å². The number of hydrazine groups is 1. The van der Waals surface area contributed by atoms with Crippen LogP contribution in [0, 0.1) is 11.8 Å². The first-order valence-electron chi connectivity index (χ1n) is 5.06. The van der Waals surface area contributed by atoms with Crippen LogP contribution in [0.1, 0.15) is 26.2 Å². The monoisotopic (exact) mass is 180 g/mol. The van der Waals surface area contributed by atoms with Gasteiger partial charge in [-0.25, -0.2) is 5.43 Å². The number of fused-ring (bicyclic) bond motifs is 2. The lowest BCUT2D eigenvalue weighted by Gasteiger charge is -2.12. The van der Waals surface area contributed by atoms with Crippen LogP contribution in [0.4, 0.5) is 0 Å². The summed E-state index contributed by atoms with van der Waals surface area (Å²) in [4.78, 5) is 11.6. The van der Waals surface area contributed by atoms with E-state index in [-0.39, 0.29) is 5.91 Å². The second kappa shape index (κ2) is 3.50. The summed E-state index contributed by atoms with van der Waals surface area (Å²) in [5, 5.41) is 0. The predicted octanol–water partition coefficient (Wildman–Crippen LogP) is 0.983. The van der Waals surface area contributed by atoms with Gasteiger partial charge in [-0.15, -0.1) is 0 Å². The van der Waals surface area contributed by atoms with Crippen LogP contribution in [-0.4, -0.2) is 12.5 Å². The highest BCUT2D eigenvalue weighted by molar-refractivity contribution is 5.94. The van der Waals surface area contributed by atoms with Gasteiger partial charge in [0.2, 0.25) is 0 Å². The van der Waals surface area contributed by atoms with Gasteiger partial charge in [-0.3, -0.25) is 10.2 Å². The zero-order valence-electron chi connectivity index (χ0n) is 7.97. The second-order valence-corrected chi connectivity index (χ2v) is 3.88. The third-order valence-corrected chi connectivity index (χ3v) is 2.97. The minimum atomic E-state index is 0.0778. The molecule has 0 heterocycles. The van der Waals surface area contributed by atoms with Crippen molar-refractivity contribution in [1.29, 1.82) is 0 Å². The fourth-order valence-corrected chi connectivity index (χ4v) is 2.34. The second-order valence-electron chi connectivity index (χ2n) is 3.88. The van der Waals surface area contributed by atoms with Gasteiger partial charge < -0.3 is 0 Å². The quantitative estimate of drug-likeness (QED) is 0.636. The maximum absolute atomic E-state index is 11.6. The molecule has 0 spiro atoms. The summed E-state index contributed by atoms with van der Waals surface area (Å²) < 4.78 is 0. The largest absolute Gasteiger partial charge is 0.288 e. The van der Waals surface area contributed by atoms with Crippen LogP contribution < -0.4 is 10.9 Å². The summed E-state index contributed by atoms with van der Waals surface area (Å²) in [6, 6.07) is 0. The van der Waals surface area contributed by atoms with Crippen molar-refractivity contribution in [3.05, 3.63) is 11.6 Å². The van der Waals surface area contributed by atoms with Gasteiger partial charge in [-0.2, -0.15) is 0 Å². The van der Waals surface area contributed by atoms with Crippen LogP contribution in [0.5, 0.6) is 0 Å². The van der Waals surface area contributed by atoms with Crippen LogP contribution in [0.25, 0.3) is 0 Å². The van der Waals surface area contributed by atoms with E-state index < -0.39 is 0 Å². The predicted molar refractivity (Wildman–Crippen MR) is 50.7 cm³/mol. The number of carbonyl (C=O) groups excluding carboxylic acids is 1. The van der Waals surface area contributed by atoms with Gasteiger partial charge in [0.05, 0.1) is 0 Å². The molecule has 0 aromatic heterocycles. The fraction of sp³-hybridized carbons (Fsp3) is 0.700. The van der Waals surface area contributed by atoms with Gasteiger partial charge in [0.25, 0.3) is 5.91 Å². The Balaban J connectivity index is 1.94. The lowest BCUT2D eigenvalue weighted by molar-refractivity contribution is -0.118. The molecule has 2 atom stereocenters. The highest BCUT2D eigenvalue weighted by atomic mass is 16.2. The van der Waals surface area contributed by atoms with E-state index in [2.05, 4.69) is 16.9 Å². The molecule has 2 rings (SSSR count). The molecule has 3 nitrogen and oxygen atoms in total. The van der Waals surface area contributed by atoms with Crippen molar-refractivity contribution < 1.29 is 4.79 Å². The van der Waals surface area contributed by atoms with Crippen molar-refractivity contribution in [3.63, 3.8) is 0 Å². The Hall–Kier alpha value is -0.830. The third-order valence-electron chi connectivity index (χ3n) is 2.97. The lowest BCUT2D eigenvalue weighted by Crippen LogP contribution is -2.38. The number of hydrogen-bond donors (Lipinski definition) is 2. The Morgan fingerprint density at radius 2 is 2.46 bits per heavy atom. The molecule has 1 fully saturated rings. The molecule has 2 N–H and O–H groups in total. The normalized spacial score (nSPS) is 30.4. The van der Waals surface area contributed by atoms with Crippen LogP contribution in [0.15, 0.2) is 11.6 Å². The molecule has 2 aliphatic rings. The highest BCUT2D eigenvalue weighted by Crippen LogP contribution is 2.43. The van der Waals surface area contributed by atoms with E-state index in [0.717, 1.165) is 12.1 Å². The van der Waals surface area contributed by atoms with E-state index >= 15 is 0 Å². The molecule has 1 saturated carbocycles. The van der Waals surface area contributed by atoms with Crippen LogP contribution in [-0.2, 0) is 4.79 Å². The molecule has 72 valence electrons. The summed E-state index contributed by atoms with van der Waals surface area (Å²) in [5.74, 6) is 1.31. The Morgan fingerprint density at radius 3 is 3.00 bits per heavy atom. The number of amides is 1. The molecule has 0 saturated heterocycles.